The van der Waals surface area contributed by atoms with Crippen molar-refractivity contribution in [2.45, 2.75) is 12.8 Å². The molecule has 21 heavy (non-hydrogen) atoms. The lowest BCUT2D eigenvalue weighted by atomic mass is 9.98. The van der Waals surface area contributed by atoms with Gasteiger partial charge in [0.25, 0.3) is 0 Å². The van der Waals surface area contributed by atoms with E-state index in [4.69, 9.17) is 9.84 Å². The van der Waals surface area contributed by atoms with E-state index in [1.807, 2.05) is 0 Å². The molecule has 1 saturated heterocycles. The van der Waals surface area contributed by atoms with Gasteiger partial charge in [0, 0.05) is 31.5 Å². The molecule has 1 aliphatic heterocycles. The van der Waals surface area contributed by atoms with Gasteiger partial charge in [-0.05, 0) is 30.9 Å². The summed E-state index contributed by atoms with van der Waals surface area (Å²) in [5.41, 5.74) is 0.626. The molecule has 116 valence electrons. The van der Waals surface area contributed by atoms with Gasteiger partial charge in [0.15, 0.2) is 0 Å². The van der Waals surface area contributed by atoms with Crippen LogP contribution in [-0.4, -0.2) is 49.0 Å². The van der Waals surface area contributed by atoms with Crippen LogP contribution < -0.4 is 10.1 Å². The summed E-state index contributed by atoms with van der Waals surface area (Å²) in [5.74, 6) is 0.830. The number of hydrogen-bond acceptors (Lipinski definition) is 3. The third-order valence-corrected chi connectivity index (χ3v) is 3.59. The van der Waals surface area contributed by atoms with Gasteiger partial charge in [0.05, 0.1) is 0 Å². The van der Waals surface area contributed by atoms with E-state index in [0.29, 0.717) is 30.4 Å². The molecule has 2 N–H and O–H groups in total. The number of likely N-dealkylation sites (tertiary alicyclic amines) is 1. The zero-order valence-corrected chi connectivity index (χ0v) is 11.9. The van der Waals surface area contributed by atoms with Crippen molar-refractivity contribution in [3.05, 3.63) is 24.3 Å². The Balaban J connectivity index is 1.87. The fraction of sp³-hybridized carbons (Fsp3) is 0.533. The average molecular weight is 296 g/mol. The van der Waals surface area contributed by atoms with Crippen molar-refractivity contribution < 1.29 is 19.0 Å². The molecule has 1 aliphatic rings. The predicted molar refractivity (Wildman–Crippen MR) is 78.3 cm³/mol. The molecule has 0 unspecified atom stereocenters. The monoisotopic (exact) mass is 296 g/mol. The van der Waals surface area contributed by atoms with Gasteiger partial charge >= 0.3 is 6.03 Å². The molecule has 5 nitrogen and oxygen atoms in total. The number of carbonyl (C=O) groups excluding carboxylic acids is 1. The maximum Gasteiger partial charge on any atom is 0.321 e. The molecule has 1 fully saturated rings. The number of ether oxygens (including phenoxy) is 1. The highest BCUT2D eigenvalue weighted by molar-refractivity contribution is 5.89. The summed E-state index contributed by atoms with van der Waals surface area (Å²) in [6, 6.07) is 6.75. The van der Waals surface area contributed by atoms with Crippen LogP contribution in [0.25, 0.3) is 0 Å². The Morgan fingerprint density at radius 1 is 1.43 bits per heavy atom. The zero-order chi connectivity index (χ0) is 15.1. The van der Waals surface area contributed by atoms with Crippen molar-refractivity contribution in [2.75, 3.05) is 38.3 Å². The van der Waals surface area contributed by atoms with E-state index in [-0.39, 0.29) is 19.2 Å². The van der Waals surface area contributed by atoms with Crippen LogP contribution in [0.3, 0.4) is 0 Å². The lowest BCUT2D eigenvalue weighted by Gasteiger charge is -2.31. The normalized spacial score (nSPS) is 15.8. The highest BCUT2D eigenvalue weighted by atomic mass is 19.1. The standard InChI is InChI=1S/C15H21FN2O3/c16-6-9-21-14-3-1-2-13(10-14)17-15(20)18-7-4-12(11-19)5-8-18/h1-3,10,12,19H,4-9,11H2,(H,17,20). The first-order valence-electron chi connectivity index (χ1n) is 7.18. The molecule has 2 rings (SSSR count). The van der Waals surface area contributed by atoms with E-state index in [1.165, 1.54) is 0 Å². The molecule has 0 bridgehead atoms. The summed E-state index contributed by atoms with van der Waals surface area (Å²) in [4.78, 5) is 13.9. The summed E-state index contributed by atoms with van der Waals surface area (Å²) < 4.78 is 17.3. The number of nitrogens with one attached hydrogen (secondary N) is 1. The molecule has 1 aromatic carbocycles. The fourth-order valence-corrected chi connectivity index (χ4v) is 2.34. The van der Waals surface area contributed by atoms with Gasteiger partial charge in [-0.15, -0.1) is 0 Å². The third kappa shape index (κ3) is 4.60. The first-order chi connectivity index (χ1) is 10.2. The molecule has 1 aromatic rings. The number of rotatable bonds is 5. The van der Waals surface area contributed by atoms with Gasteiger partial charge in [-0.3, -0.25) is 0 Å². The molecule has 0 saturated carbocycles. The summed E-state index contributed by atoms with van der Waals surface area (Å²) in [6.07, 6.45) is 1.65. The van der Waals surface area contributed by atoms with Crippen LogP contribution in [0.15, 0.2) is 24.3 Å². The Bertz CT molecular complexity index is 462. The zero-order valence-electron chi connectivity index (χ0n) is 11.9. The lowest BCUT2D eigenvalue weighted by molar-refractivity contribution is 0.143. The van der Waals surface area contributed by atoms with Gasteiger partial charge in [-0.2, -0.15) is 0 Å². The number of aliphatic hydroxyl groups is 1. The largest absolute Gasteiger partial charge is 0.491 e. The van der Waals surface area contributed by atoms with Gasteiger partial charge in [0.1, 0.15) is 19.0 Å². The van der Waals surface area contributed by atoms with Crippen LogP contribution in [0, 0.1) is 5.92 Å². The maximum atomic E-state index is 12.1. The number of urea groups is 1. The molecule has 0 spiro atoms. The Morgan fingerprint density at radius 3 is 2.86 bits per heavy atom. The number of piperidine rings is 1. The molecule has 0 aliphatic carbocycles. The van der Waals surface area contributed by atoms with Gasteiger partial charge < -0.3 is 20.1 Å². The Hall–Kier alpha value is -1.82. The molecule has 2 amide bonds. The van der Waals surface area contributed by atoms with E-state index in [1.54, 1.807) is 29.2 Å². The topological polar surface area (TPSA) is 61.8 Å². The van der Waals surface area contributed by atoms with Crippen LogP contribution in [0.1, 0.15) is 12.8 Å². The molecule has 1 heterocycles. The van der Waals surface area contributed by atoms with E-state index in [9.17, 15) is 9.18 Å². The predicted octanol–water partition coefficient (Wildman–Crippen LogP) is 2.27. The molecule has 0 aromatic heterocycles. The van der Waals surface area contributed by atoms with Crippen molar-refractivity contribution in [3.8, 4) is 5.75 Å². The number of benzene rings is 1. The average Bonchev–Trinajstić information content (AvgIpc) is 2.53. The minimum atomic E-state index is -0.545. The Labute approximate surface area is 123 Å². The SMILES string of the molecule is O=C(Nc1cccc(OCCF)c1)N1CCC(CO)CC1. The van der Waals surface area contributed by atoms with Crippen molar-refractivity contribution in [1.29, 1.82) is 0 Å². The van der Waals surface area contributed by atoms with Gasteiger partial charge in [-0.1, -0.05) is 6.07 Å². The Kier molecular flexibility index (Phi) is 5.80. The fourth-order valence-electron chi connectivity index (χ4n) is 2.34. The number of hydrogen-bond donors (Lipinski definition) is 2. The minimum Gasteiger partial charge on any atom is -0.491 e. The smallest absolute Gasteiger partial charge is 0.321 e. The second-order valence-electron chi connectivity index (χ2n) is 5.11. The summed E-state index contributed by atoms with van der Waals surface area (Å²) in [6.45, 7) is 0.941. The molecular formula is C15H21FN2O3. The first kappa shape index (κ1) is 15.6. The van der Waals surface area contributed by atoms with E-state index in [0.717, 1.165) is 12.8 Å². The molecule has 0 atom stereocenters. The Morgan fingerprint density at radius 2 is 2.19 bits per heavy atom. The van der Waals surface area contributed by atoms with E-state index < -0.39 is 6.67 Å². The second kappa shape index (κ2) is 7.83. The van der Waals surface area contributed by atoms with E-state index >= 15 is 0 Å². The maximum absolute atomic E-state index is 12.1. The van der Waals surface area contributed by atoms with Crippen LogP contribution in [0.4, 0.5) is 14.9 Å². The second-order valence-corrected chi connectivity index (χ2v) is 5.11. The van der Waals surface area contributed by atoms with Gasteiger partial charge in [0.2, 0.25) is 0 Å². The number of carbonyl (C=O) groups is 1. The molecular weight excluding hydrogens is 275 g/mol. The number of nitrogens with zero attached hydrogens (tertiary/aromatic N) is 1. The van der Waals surface area contributed by atoms with Crippen molar-refractivity contribution in [3.63, 3.8) is 0 Å². The molecule has 0 radical (unpaired) electrons. The third-order valence-electron chi connectivity index (χ3n) is 3.59. The van der Waals surface area contributed by atoms with Crippen LogP contribution in [0.2, 0.25) is 0 Å². The number of alkyl halides is 1. The summed E-state index contributed by atoms with van der Waals surface area (Å²) in [7, 11) is 0. The van der Waals surface area contributed by atoms with Crippen LogP contribution in [0.5, 0.6) is 5.75 Å². The first-order valence-corrected chi connectivity index (χ1v) is 7.18. The van der Waals surface area contributed by atoms with Crippen molar-refractivity contribution in [1.82, 2.24) is 4.90 Å². The highest BCUT2D eigenvalue weighted by Crippen LogP contribution is 2.20. The van der Waals surface area contributed by atoms with Gasteiger partial charge in [-0.25, -0.2) is 9.18 Å². The number of halogens is 1. The minimum absolute atomic E-state index is 0.00602. The highest BCUT2D eigenvalue weighted by Gasteiger charge is 2.22. The number of anilines is 1. The summed E-state index contributed by atoms with van der Waals surface area (Å²) in [5, 5.41) is 11.9. The van der Waals surface area contributed by atoms with Crippen LogP contribution >= 0.6 is 0 Å². The van der Waals surface area contributed by atoms with E-state index in [2.05, 4.69) is 5.32 Å². The molecule has 6 heteroatoms. The number of aliphatic hydroxyl groups excluding tert-OH is 1. The van der Waals surface area contributed by atoms with Crippen molar-refractivity contribution in [2.24, 2.45) is 5.92 Å². The van der Waals surface area contributed by atoms with Crippen molar-refractivity contribution >= 4 is 11.7 Å². The summed E-state index contributed by atoms with van der Waals surface area (Å²) >= 11 is 0. The quantitative estimate of drug-likeness (QED) is 0.876. The number of amides is 2. The lowest BCUT2D eigenvalue weighted by Crippen LogP contribution is -2.41. The van der Waals surface area contributed by atoms with Crippen LogP contribution in [-0.2, 0) is 0 Å².